The van der Waals surface area contributed by atoms with Gasteiger partial charge in [-0.1, -0.05) is 0 Å². The van der Waals surface area contributed by atoms with E-state index in [1.54, 1.807) is 13.0 Å². The Morgan fingerprint density at radius 3 is 2.60 bits per heavy atom. The average molecular weight is 296 g/mol. The third-order valence-electron chi connectivity index (χ3n) is 2.53. The summed E-state index contributed by atoms with van der Waals surface area (Å²) in [4.78, 5) is 14.6. The number of hydrogen-bond donors (Lipinski definition) is 3. The Hall–Kier alpha value is -2.42. The summed E-state index contributed by atoms with van der Waals surface area (Å²) in [7, 11) is -4.05. The number of aryl methyl sites for hydroxylation is 2. The summed E-state index contributed by atoms with van der Waals surface area (Å²) in [6, 6.07) is 3.17. The van der Waals surface area contributed by atoms with Crippen LogP contribution in [0.5, 0.6) is 0 Å². The van der Waals surface area contributed by atoms with Gasteiger partial charge in [0.2, 0.25) is 0 Å². The van der Waals surface area contributed by atoms with Crippen LogP contribution in [0.1, 0.15) is 21.9 Å². The second-order valence-corrected chi connectivity index (χ2v) is 5.74. The smallest absolute Gasteiger partial charge is 0.357 e. The lowest BCUT2D eigenvalue weighted by Crippen LogP contribution is -2.17. The van der Waals surface area contributed by atoms with Gasteiger partial charge in [-0.15, -0.1) is 0 Å². The van der Waals surface area contributed by atoms with Gasteiger partial charge < -0.3 is 5.11 Å². The molecule has 0 aliphatic carbocycles. The van der Waals surface area contributed by atoms with Gasteiger partial charge in [-0.3, -0.25) is 14.8 Å². The zero-order valence-electron chi connectivity index (χ0n) is 10.7. The first kappa shape index (κ1) is 14.0. The van der Waals surface area contributed by atoms with Crippen molar-refractivity contribution in [3.63, 3.8) is 0 Å². The second-order valence-electron chi connectivity index (χ2n) is 4.13. The van der Waals surface area contributed by atoms with E-state index in [0.29, 0.717) is 0 Å². The Morgan fingerprint density at radius 1 is 1.35 bits per heavy atom. The number of aromatic nitrogens is 3. The third kappa shape index (κ3) is 2.62. The normalized spacial score (nSPS) is 11.3. The van der Waals surface area contributed by atoms with Gasteiger partial charge in [0.05, 0.1) is 17.6 Å². The highest BCUT2D eigenvalue weighted by Gasteiger charge is 2.28. The van der Waals surface area contributed by atoms with E-state index in [9.17, 15) is 13.2 Å². The minimum absolute atomic E-state index is 0.148. The quantitative estimate of drug-likeness (QED) is 0.770. The summed E-state index contributed by atoms with van der Waals surface area (Å²) in [6.07, 6.45) is 1.35. The monoisotopic (exact) mass is 296 g/mol. The summed E-state index contributed by atoms with van der Waals surface area (Å²) in [5.74, 6) is -1.42. The lowest BCUT2D eigenvalue weighted by atomic mass is 10.4. The highest BCUT2D eigenvalue weighted by Crippen LogP contribution is 2.21. The number of hydrogen-bond acceptors (Lipinski definition) is 5. The fraction of sp³-hybridized carbons (Fsp3) is 0.182. The van der Waals surface area contributed by atoms with Crippen LogP contribution >= 0.6 is 0 Å². The number of aromatic carboxylic acids is 1. The molecule has 2 aromatic heterocycles. The second kappa shape index (κ2) is 4.93. The maximum absolute atomic E-state index is 12.2. The molecule has 0 bridgehead atoms. The van der Waals surface area contributed by atoms with E-state index in [1.165, 1.54) is 19.2 Å². The number of carboxylic acids is 1. The van der Waals surface area contributed by atoms with Crippen LogP contribution in [0.4, 0.5) is 5.69 Å². The number of nitrogens with one attached hydrogen (secondary N) is 2. The molecule has 0 unspecified atom stereocenters. The molecule has 0 aromatic carbocycles. The Labute approximate surface area is 114 Å². The number of H-pyrrole nitrogens is 1. The molecule has 8 nitrogen and oxygen atoms in total. The number of pyridine rings is 1. The Morgan fingerprint density at radius 2 is 2.05 bits per heavy atom. The summed E-state index contributed by atoms with van der Waals surface area (Å²) in [5, 5.41) is 14.8. The van der Waals surface area contributed by atoms with Crippen molar-refractivity contribution < 1.29 is 18.3 Å². The molecule has 0 radical (unpaired) electrons. The van der Waals surface area contributed by atoms with Gasteiger partial charge in [0.1, 0.15) is 4.90 Å². The van der Waals surface area contributed by atoms with E-state index in [2.05, 4.69) is 19.9 Å². The minimum Gasteiger partial charge on any atom is -0.476 e. The summed E-state index contributed by atoms with van der Waals surface area (Å²) < 4.78 is 26.7. The van der Waals surface area contributed by atoms with E-state index in [4.69, 9.17) is 5.11 Å². The molecule has 9 heteroatoms. The molecule has 0 atom stereocenters. The summed E-state index contributed by atoms with van der Waals surface area (Å²) >= 11 is 0. The van der Waals surface area contributed by atoms with Crippen molar-refractivity contribution in [2.45, 2.75) is 18.7 Å². The Bertz CT molecular complexity index is 749. The SMILES string of the molecule is Cc1ccc(NS(=O)(=O)c2c(C(=O)O)n[nH]c2C)cn1. The number of carboxylic acid groups (broad SMARTS) is 1. The molecule has 2 heterocycles. The molecule has 0 saturated carbocycles. The van der Waals surface area contributed by atoms with Crippen LogP contribution < -0.4 is 4.72 Å². The number of sulfonamides is 1. The van der Waals surface area contributed by atoms with Crippen LogP contribution in [0.2, 0.25) is 0 Å². The maximum Gasteiger partial charge on any atom is 0.357 e. The molecular formula is C11H12N4O4S. The highest BCUT2D eigenvalue weighted by atomic mass is 32.2. The zero-order valence-corrected chi connectivity index (χ0v) is 11.5. The summed E-state index contributed by atoms with van der Waals surface area (Å²) in [5.41, 5.74) is 0.580. The van der Waals surface area contributed by atoms with Gasteiger partial charge >= 0.3 is 5.97 Å². The molecule has 2 aromatic rings. The molecule has 0 fully saturated rings. The Balaban J connectivity index is 2.43. The molecule has 0 saturated heterocycles. The number of anilines is 1. The first-order valence-corrected chi connectivity index (χ1v) is 7.03. The van der Waals surface area contributed by atoms with Crippen LogP contribution in [0, 0.1) is 13.8 Å². The van der Waals surface area contributed by atoms with Crippen molar-refractivity contribution in [1.82, 2.24) is 15.2 Å². The molecule has 0 spiro atoms. The Kier molecular flexibility index (Phi) is 3.45. The molecule has 2 rings (SSSR count). The van der Waals surface area contributed by atoms with E-state index >= 15 is 0 Å². The molecular weight excluding hydrogens is 284 g/mol. The van der Waals surface area contributed by atoms with Crippen LogP contribution in [-0.2, 0) is 10.0 Å². The molecule has 0 aliphatic rings. The lowest BCUT2D eigenvalue weighted by Gasteiger charge is -2.07. The van der Waals surface area contributed by atoms with E-state index < -0.39 is 21.7 Å². The molecule has 20 heavy (non-hydrogen) atoms. The van der Waals surface area contributed by atoms with Gasteiger partial charge in [0, 0.05) is 5.69 Å². The van der Waals surface area contributed by atoms with Gasteiger partial charge in [-0.25, -0.2) is 13.2 Å². The maximum atomic E-state index is 12.2. The van der Waals surface area contributed by atoms with Crippen molar-refractivity contribution in [2.75, 3.05) is 4.72 Å². The molecule has 0 amide bonds. The molecule has 3 N–H and O–H groups in total. The van der Waals surface area contributed by atoms with Crippen LogP contribution in [0.3, 0.4) is 0 Å². The van der Waals surface area contributed by atoms with E-state index in [0.717, 1.165) is 5.69 Å². The van der Waals surface area contributed by atoms with Crippen molar-refractivity contribution in [1.29, 1.82) is 0 Å². The molecule has 0 aliphatic heterocycles. The topological polar surface area (TPSA) is 125 Å². The van der Waals surface area contributed by atoms with E-state index in [-0.39, 0.29) is 16.3 Å². The van der Waals surface area contributed by atoms with Gasteiger partial charge in [0.25, 0.3) is 10.0 Å². The fourth-order valence-corrected chi connectivity index (χ4v) is 3.00. The lowest BCUT2D eigenvalue weighted by molar-refractivity contribution is 0.0686. The largest absolute Gasteiger partial charge is 0.476 e. The first-order chi connectivity index (χ1) is 9.31. The van der Waals surface area contributed by atoms with Crippen LogP contribution in [-0.4, -0.2) is 34.7 Å². The van der Waals surface area contributed by atoms with Gasteiger partial charge in [0.15, 0.2) is 5.69 Å². The molecule has 106 valence electrons. The number of aromatic amines is 1. The average Bonchev–Trinajstić information content (AvgIpc) is 2.75. The van der Waals surface area contributed by atoms with Gasteiger partial charge in [-0.05, 0) is 26.0 Å². The predicted octanol–water partition coefficient (Wildman–Crippen LogP) is 0.921. The van der Waals surface area contributed by atoms with Crippen molar-refractivity contribution in [3.8, 4) is 0 Å². The van der Waals surface area contributed by atoms with Crippen molar-refractivity contribution in [3.05, 3.63) is 35.4 Å². The van der Waals surface area contributed by atoms with Crippen molar-refractivity contribution >= 4 is 21.7 Å². The van der Waals surface area contributed by atoms with Crippen LogP contribution in [0.15, 0.2) is 23.2 Å². The fourth-order valence-electron chi connectivity index (χ4n) is 1.63. The van der Waals surface area contributed by atoms with Crippen LogP contribution in [0.25, 0.3) is 0 Å². The predicted molar refractivity (Wildman–Crippen MR) is 70.1 cm³/mol. The zero-order chi connectivity index (χ0) is 14.9. The standard InChI is InChI=1S/C11H12N4O4S/c1-6-3-4-8(5-12-6)15-20(18,19)10-7(2)13-14-9(10)11(16)17/h3-5,15H,1-2H3,(H,13,14)(H,16,17). The minimum atomic E-state index is -4.05. The highest BCUT2D eigenvalue weighted by molar-refractivity contribution is 7.92. The number of rotatable bonds is 4. The van der Waals surface area contributed by atoms with Gasteiger partial charge in [-0.2, -0.15) is 5.10 Å². The number of nitrogens with zero attached hydrogens (tertiary/aromatic N) is 2. The number of carbonyl (C=O) groups is 1. The first-order valence-electron chi connectivity index (χ1n) is 5.55. The van der Waals surface area contributed by atoms with E-state index in [1.807, 2.05) is 0 Å². The third-order valence-corrected chi connectivity index (χ3v) is 4.07. The summed E-state index contributed by atoms with van der Waals surface area (Å²) in [6.45, 7) is 3.20. The van der Waals surface area contributed by atoms with Crippen molar-refractivity contribution in [2.24, 2.45) is 0 Å².